The number of allylic oxidation sites excluding steroid dienone is 2. The molecule has 146 valence electrons. The summed E-state index contributed by atoms with van der Waals surface area (Å²) in [7, 11) is 0. The van der Waals surface area contributed by atoms with Crippen molar-refractivity contribution in [2.24, 2.45) is 0 Å². The second-order valence-corrected chi connectivity index (χ2v) is 6.80. The minimum Gasteiger partial charge on any atom is -0.479 e. The van der Waals surface area contributed by atoms with Gasteiger partial charge < -0.3 is 9.84 Å². The minimum absolute atomic E-state index is 0.315. The maximum Gasteiger partial charge on any atom is 0.344 e. The third-order valence-electron chi connectivity index (χ3n) is 4.30. The van der Waals surface area contributed by atoms with E-state index in [1.807, 2.05) is 0 Å². The van der Waals surface area contributed by atoms with Crippen molar-refractivity contribution in [3.05, 3.63) is 12.2 Å². The zero-order chi connectivity index (χ0) is 18.8. The van der Waals surface area contributed by atoms with Gasteiger partial charge in [-0.25, -0.2) is 4.79 Å². The molecular weight excluding hydrogens is 316 g/mol. The number of hydrogen-bond acceptors (Lipinski definition) is 3. The maximum absolute atomic E-state index is 11.4. The van der Waals surface area contributed by atoms with E-state index in [1.165, 1.54) is 64.7 Å². The van der Waals surface area contributed by atoms with E-state index in [1.54, 1.807) is 0 Å². The average molecular weight is 355 g/mol. The number of rotatable bonds is 17. The standard InChI is InChI=1S/C21H38O4/c1-3-4-5-6-7-8-9-10-11-12-13-14-15-16-17-18-20(22)25-19(2)21(23)24/h10-11,19H,3-9,12-18H2,1-2H3,(H,23,24)/b11-10-. The molecule has 0 aliphatic rings. The molecule has 1 N–H and O–H groups in total. The van der Waals surface area contributed by atoms with Gasteiger partial charge in [0.05, 0.1) is 0 Å². The molecule has 0 aromatic heterocycles. The van der Waals surface area contributed by atoms with E-state index in [0.717, 1.165) is 25.7 Å². The molecule has 0 amide bonds. The molecule has 4 nitrogen and oxygen atoms in total. The molecule has 0 saturated carbocycles. The molecule has 25 heavy (non-hydrogen) atoms. The summed E-state index contributed by atoms with van der Waals surface area (Å²) >= 11 is 0. The predicted octanol–water partition coefficient (Wildman–Crippen LogP) is 6.04. The highest BCUT2D eigenvalue weighted by atomic mass is 16.6. The van der Waals surface area contributed by atoms with Gasteiger partial charge in [0.25, 0.3) is 0 Å². The van der Waals surface area contributed by atoms with E-state index in [2.05, 4.69) is 19.1 Å². The molecule has 0 fully saturated rings. The van der Waals surface area contributed by atoms with E-state index in [-0.39, 0.29) is 0 Å². The number of carbonyl (C=O) groups excluding carboxylic acids is 1. The van der Waals surface area contributed by atoms with Gasteiger partial charge in [-0.3, -0.25) is 4.79 Å². The molecule has 0 bridgehead atoms. The van der Waals surface area contributed by atoms with Crippen molar-refractivity contribution in [3.63, 3.8) is 0 Å². The first-order valence-corrected chi connectivity index (χ1v) is 10.1. The Morgan fingerprint density at radius 1 is 0.840 bits per heavy atom. The summed E-state index contributed by atoms with van der Waals surface area (Å²) in [4.78, 5) is 22.0. The fourth-order valence-electron chi connectivity index (χ4n) is 2.65. The van der Waals surface area contributed by atoms with E-state index < -0.39 is 18.0 Å². The van der Waals surface area contributed by atoms with Gasteiger partial charge in [-0.15, -0.1) is 0 Å². The Bertz CT molecular complexity index is 363. The van der Waals surface area contributed by atoms with Gasteiger partial charge in [0.15, 0.2) is 6.10 Å². The smallest absolute Gasteiger partial charge is 0.344 e. The van der Waals surface area contributed by atoms with Crippen LogP contribution in [0.3, 0.4) is 0 Å². The number of esters is 1. The first-order valence-electron chi connectivity index (χ1n) is 10.1. The number of unbranched alkanes of at least 4 members (excludes halogenated alkanes) is 11. The fraction of sp³-hybridized carbons (Fsp3) is 0.810. The molecular formula is C21H38O4. The van der Waals surface area contributed by atoms with Gasteiger partial charge in [-0.05, 0) is 39.0 Å². The molecule has 0 aliphatic carbocycles. The Hall–Kier alpha value is -1.32. The van der Waals surface area contributed by atoms with Crippen LogP contribution in [0, 0.1) is 0 Å². The summed E-state index contributed by atoms with van der Waals surface area (Å²) in [5, 5.41) is 8.65. The largest absolute Gasteiger partial charge is 0.479 e. The van der Waals surface area contributed by atoms with Crippen LogP contribution in [-0.4, -0.2) is 23.1 Å². The molecule has 0 spiro atoms. The second kappa shape index (κ2) is 17.5. The Morgan fingerprint density at radius 3 is 1.84 bits per heavy atom. The first-order chi connectivity index (χ1) is 12.1. The lowest BCUT2D eigenvalue weighted by Gasteiger charge is -2.08. The molecule has 1 unspecified atom stereocenters. The summed E-state index contributed by atoms with van der Waals surface area (Å²) in [6.07, 6.45) is 19.7. The third-order valence-corrected chi connectivity index (χ3v) is 4.30. The van der Waals surface area contributed by atoms with E-state index in [9.17, 15) is 9.59 Å². The monoisotopic (exact) mass is 354 g/mol. The number of hydrogen-bond donors (Lipinski definition) is 1. The average Bonchev–Trinajstić information content (AvgIpc) is 2.58. The van der Waals surface area contributed by atoms with Crippen LogP contribution in [0.4, 0.5) is 0 Å². The lowest BCUT2D eigenvalue weighted by molar-refractivity contribution is -0.162. The Labute approximate surface area is 154 Å². The molecule has 0 heterocycles. The van der Waals surface area contributed by atoms with Crippen LogP contribution in [0.1, 0.15) is 104 Å². The highest BCUT2D eigenvalue weighted by molar-refractivity contribution is 5.77. The Morgan fingerprint density at radius 2 is 1.32 bits per heavy atom. The lowest BCUT2D eigenvalue weighted by atomic mass is 10.1. The van der Waals surface area contributed by atoms with Crippen molar-refractivity contribution < 1.29 is 19.4 Å². The SMILES string of the molecule is CCCCCCCC/C=C\CCCCCCCC(=O)OC(C)C(=O)O. The van der Waals surface area contributed by atoms with Crippen LogP contribution < -0.4 is 0 Å². The normalized spacial score (nSPS) is 12.4. The van der Waals surface area contributed by atoms with Gasteiger partial charge in [-0.2, -0.15) is 0 Å². The maximum atomic E-state index is 11.4. The molecule has 0 aromatic carbocycles. The van der Waals surface area contributed by atoms with E-state index in [0.29, 0.717) is 6.42 Å². The third kappa shape index (κ3) is 17.3. The molecule has 4 heteroatoms. The quantitative estimate of drug-likeness (QED) is 0.196. The van der Waals surface area contributed by atoms with Crippen molar-refractivity contribution in [1.29, 1.82) is 0 Å². The van der Waals surface area contributed by atoms with Gasteiger partial charge in [0.1, 0.15) is 0 Å². The number of ether oxygens (including phenoxy) is 1. The van der Waals surface area contributed by atoms with Crippen molar-refractivity contribution in [1.82, 2.24) is 0 Å². The second-order valence-electron chi connectivity index (χ2n) is 6.80. The van der Waals surface area contributed by atoms with Crippen molar-refractivity contribution in [2.45, 2.75) is 110 Å². The Kier molecular flexibility index (Phi) is 16.6. The zero-order valence-corrected chi connectivity index (χ0v) is 16.3. The van der Waals surface area contributed by atoms with Gasteiger partial charge in [-0.1, -0.05) is 70.4 Å². The van der Waals surface area contributed by atoms with Crippen molar-refractivity contribution >= 4 is 11.9 Å². The summed E-state index contributed by atoms with van der Waals surface area (Å²) in [6, 6.07) is 0. The summed E-state index contributed by atoms with van der Waals surface area (Å²) < 4.78 is 4.78. The molecule has 0 aromatic rings. The van der Waals surface area contributed by atoms with Gasteiger partial charge in [0.2, 0.25) is 0 Å². The highest BCUT2D eigenvalue weighted by Gasteiger charge is 2.15. The highest BCUT2D eigenvalue weighted by Crippen LogP contribution is 2.10. The number of aliphatic carboxylic acids is 1. The van der Waals surface area contributed by atoms with Crippen LogP contribution in [0.15, 0.2) is 12.2 Å². The first kappa shape index (κ1) is 23.7. The number of carbonyl (C=O) groups is 2. The topological polar surface area (TPSA) is 63.6 Å². The van der Waals surface area contributed by atoms with Crippen molar-refractivity contribution in [3.8, 4) is 0 Å². The number of carboxylic acid groups (broad SMARTS) is 1. The van der Waals surface area contributed by atoms with Crippen LogP contribution >= 0.6 is 0 Å². The zero-order valence-electron chi connectivity index (χ0n) is 16.3. The molecule has 1 atom stereocenters. The van der Waals surface area contributed by atoms with Crippen LogP contribution in [0.25, 0.3) is 0 Å². The minimum atomic E-state index is -1.10. The molecule has 0 radical (unpaired) electrons. The van der Waals surface area contributed by atoms with Crippen molar-refractivity contribution in [2.75, 3.05) is 0 Å². The Balaban J connectivity index is 3.29. The summed E-state index contributed by atoms with van der Waals surface area (Å²) in [5.41, 5.74) is 0. The fourth-order valence-corrected chi connectivity index (χ4v) is 2.65. The molecule has 0 aliphatic heterocycles. The molecule has 0 rings (SSSR count). The predicted molar refractivity (Wildman–Crippen MR) is 103 cm³/mol. The van der Waals surface area contributed by atoms with Crippen LogP contribution in [0.5, 0.6) is 0 Å². The number of carboxylic acids is 1. The van der Waals surface area contributed by atoms with E-state index >= 15 is 0 Å². The summed E-state index contributed by atoms with van der Waals surface area (Å²) in [6.45, 7) is 3.62. The van der Waals surface area contributed by atoms with E-state index in [4.69, 9.17) is 9.84 Å². The van der Waals surface area contributed by atoms with Crippen LogP contribution in [-0.2, 0) is 14.3 Å². The lowest BCUT2D eigenvalue weighted by Crippen LogP contribution is -2.23. The van der Waals surface area contributed by atoms with Crippen LogP contribution in [0.2, 0.25) is 0 Å². The van der Waals surface area contributed by atoms with Gasteiger partial charge in [0, 0.05) is 6.42 Å². The summed E-state index contributed by atoms with van der Waals surface area (Å²) in [5.74, 6) is -1.51. The van der Waals surface area contributed by atoms with Gasteiger partial charge >= 0.3 is 11.9 Å². The molecule has 0 saturated heterocycles.